The highest BCUT2D eigenvalue weighted by Gasteiger charge is 2.19. The lowest BCUT2D eigenvalue weighted by atomic mass is 10.3. The van der Waals surface area contributed by atoms with Gasteiger partial charge in [-0.1, -0.05) is 25.1 Å². The van der Waals surface area contributed by atoms with E-state index >= 15 is 0 Å². The van der Waals surface area contributed by atoms with E-state index in [1.807, 2.05) is 37.3 Å². The average molecular weight is 286 g/mol. The van der Waals surface area contributed by atoms with Gasteiger partial charge in [-0.3, -0.25) is 0 Å². The largest absolute Gasteiger partial charge is 0.492 e. The molecule has 0 saturated heterocycles. The Morgan fingerprint density at radius 1 is 1.26 bits per heavy atom. The summed E-state index contributed by atoms with van der Waals surface area (Å²) in [6, 6.07) is 9.32. The normalized spacial score (nSPS) is 13.2. The smallest absolute Gasteiger partial charge is 0.215 e. The van der Waals surface area contributed by atoms with Gasteiger partial charge < -0.3 is 10.1 Å². The first kappa shape index (κ1) is 15.9. The molecule has 108 valence electrons. The summed E-state index contributed by atoms with van der Waals surface area (Å²) in [5.74, 6) is 0.738. The van der Waals surface area contributed by atoms with E-state index in [-0.39, 0.29) is 6.54 Å². The van der Waals surface area contributed by atoms with Gasteiger partial charge >= 0.3 is 0 Å². The Labute approximate surface area is 115 Å². The van der Waals surface area contributed by atoms with Crippen molar-refractivity contribution >= 4 is 10.0 Å². The van der Waals surface area contributed by atoms with E-state index in [1.54, 1.807) is 6.92 Å². The molecule has 0 aliphatic rings. The highest BCUT2D eigenvalue weighted by Crippen LogP contribution is 2.07. The molecule has 0 aromatic heterocycles. The number of benzene rings is 1. The van der Waals surface area contributed by atoms with Crippen LogP contribution in [0.5, 0.6) is 5.75 Å². The number of para-hydroxylation sites is 1. The first-order chi connectivity index (χ1) is 9.06. The molecular formula is C13H22N2O3S. The number of sulfonamides is 1. The second kappa shape index (κ2) is 8.14. The third-order valence-electron chi connectivity index (χ3n) is 2.63. The Bertz CT molecular complexity index is 448. The van der Waals surface area contributed by atoms with Crippen LogP contribution in [-0.2, 0) is 10.0 Å². The maximum absolute atomic E-state index is 11.8. The topological polar surface area (TPSA) is 67.4 Å². The molecule has 0 amide bonds. The summed E-state index contributed by atoms with van der Waals surface area (Å²) in [6.45, 7) is 5.43. The van der Waals surface area contributed by atoms with E-state index < -0.39 is 15.3 Å². The van der Waals surface area contributed by atoms with Crippen LogP contribution in [-0.4, -0.2) is 39.9 Å². The van der Waals surface area contributed by atoms with Crippen LogP contribution < -0.4 is 14.8 Å². The van der Waals surface area contributed by atoms with Crippen molar-refractivity contribution in [2.24, 2.45) is 0 Å². The van der Waals surface area contributed by atoms with Crippen molar-refractivity contribution in [1.29, 1.82) is 0 Å². The minimum Gasteiger partial charge on any atom is -0.492 e. The SMILES string of the molecule is CCNCC(C)S(=O)(=O)NCCOc1ccccc1. The quantitative estimate of drug-likeness (QED) is 0.664. The third-order valence-corrected chi connectivity index (χ3v) is 4.46. The summed E-state index contributed by atoms with van der Waals surface area (Å²) in [6.07, 6.45) is 0. The Morgan fingerprint density at radius 2 is 1.95 bits per heavy atom. The molecule has 19 heavy (non-hydrogen) atoms. The lowest BCUT2D eigenvalue weighted by molar-refractivity contribution is 0.322. The lowest BCUT2D eigenvalue weighted by Crippen LogP contribution is -2.40. The van der Waals surface area contributed by atoms with Gasteiger partial charge in [-0.2, -0.15) is 0 Å². The zero-order valence-corrected chi connectivity index (χ0v) is 12.2. The Morgan fingerprint density at radius 3 is 2.58 bits per heavy atom. The maximum Gasteiger partial charge on any atom is 0.215 e. The first-order valence-corrected chi connectivity index (χ1v) is 7.98. The zero-order chi connectivity index (χ0) is 14.1. The van der Waals surface area contributed by atoms with Crippen LogP contribution in [0.3, 0.4) is 0 Å². The second-order valence-electron chi connectivity index (χ2n) is 4.22. The van der Waals surface area contributed by atoms with E-state index in [9.17, 15) is 8.42 Å². The van der Waals surface area contributed by atoms with E-state index in [1.165, 1.54) is 0 Å². The summed E-state index contributed by atoms with van der Waals surface area (Å²) < 4.78 is 31.6. The molecular weight excluding hydrogens is 264 g/mol. The molecule has 1 aromatic carbocycles. The van der Waals surface area contributed by atoms with Gasteiger partial charge in [0.2, 0.25) is 10.0 Å². The summed E-state index contributed by atoms with van der Waals surface area (Å²) in [5, 5.41) is 2.57. The van der Waals surface area contributed by atoms with Gasteiger partial charge in [-0.05, 0) is 25.6 Å². The van der Waals surface area contributed by atoms with Crippen molar-refractivity contribution in [1.82, 2.24) is 10.0 Å². The number of ether oxygens (including phenoxy) is 1. The molecule has 1 rings (SSSR count). The molecule has 0 aliphatic carbocycles. The van der Waals surface area contributed by atoms with Gasteiger partial charge in [0.15, 0.2) is 0 Å². The fourth-order valence-electron chi connectivity index (χ4n) is 1.47. The Hall–Kier alpha value is -1.11. The predicted octanol–water partition coefficient (Wildman–Crippen LogP) is 0.983. The van der Waals surface area contributed by atoms with Crippen LogP contribution in [0.25, 0.3) is 0 Å². The van der Waals surface area contributed by atoms with Crippen LogP contribution in [0.15, 0.2) is 30.3 Å². The first-order valence-electron chi connectivity index (χ1n) is 6.43. The van der Waals surface area contributed by atoms with E-state index in [0.29, 0.717) is 13.2 Å². The van der Waals surface area contributed by atoms with Gasteiger partial charge in [-0.15, -0.1) is 0 Å². The molecule has 0 aliphatic heterocycles. The van der Waals surface area contributed by atoms with Gasteiger partial charge in [0.25, 0.3) is 0 Å². The van der Waals surface area contributed by atoms with Crippen molar-refractivity contribution in [3.8, 4) is 5.75 Å². The Balaban J connectivity index is 2.28. The van der Waals surface area contributed by atoms with Crippen LogP contribution in [0, 0.1) is 0 Å². The number of hydrogen-bond donors (Lipinski definition) is 2. The minimum atomic E-state index is -3.28. The summed E-state index contributed by atoms with van der Waals surface area (Å²) in [7, 11) is -3.28. The standard InChI is InChI=1S/C13H22N2O3S/c1-3-14-11-12(2)19(16,17)15-9-10-18-13-7-5-4-6-8-13/h4-8,12,14-15H,3,9-11H2,1-2H3. The fourth-order valence-corrected chi connectivity index (χ4v) is 2.46. The van der Waals surface area contributed by atoms with Gasteiger partial charge in [0.1, 0.15) is 12.4 Å². The van der Waals surface area contributed by atoms with Gasteiger partial charge in [0.05, 0.1) is 5.25 Å². The highest BCUT2D eigenvalue weighted by atomic mass is 32.2. The van der Waals surface area contributed by atoms with Gasteiger partial charge in [0, 0.05) is 13.1 Å². The Kier molecular flexibility index (Phi) is 6.83. The molecule has 0 bridgehead atoms. The third kappa shape index (κ3) is 6.04. The van der Waals surface area contributed by atoms with Crippen molar-refractivity contribution in [2.75, 3.05) is 26.2 Å². The highest BCUT2D eigenvalue weighted by molar-refractivity contribution is 7.90. The zero-order valence-electron chi connectivity index (χ0n) is 11.4. The summed E-state index contributed by atoms with van der Waals surface area (Å²) in [4.78, 5) is 0. The molecule has 0 fully saturated rings. The predicted molar refractivity (Wildman–Crippen MR) is 76.9 cm³/mol. The minimum absolute atomic E-state index is 0.272. The van der Waals surface area contributed by atoms with E-state index in [2.05, 4.69) is 10.0 Å². The molecule has 1 unspecified atom stereocenters. The molecule has 1 atom stereocenters. The monoisotopic (exact) mass is 286 g/mol. The molecule has 0 heterocycles. The van der Waals surface area contributed by atoms with Gasteiger partial charge in [-0.25, -0.2) is 13.1 Å². The molecule has 5 nitrogen and oxygen atoms in total. The number of hydrogen-bond acceptors (Lipinski definition) is 4. The molecule has 6 heteroatoms. The van der Waals surface area contributed by atoms with Crippen molar-refractivity contribution in [3.05, 3.63) is 30.3 Å². The van der Waals surface area contributed by atoms with Crippen LogP contribution in [0.4, 0.5) is 0 Å². The average Bonchev–Trinajstić information content (AvgIpc) is 2.42. The van der Waals surface area contributed by atoms with Crippen LogP contribution in [0.2, 0.25) is 0 Å². The number of rotatable bonds is 9. The van der Waals surface area contributed by atoms with Crippen molar-refractivity contribution in [2.45, 2.75) is 19.1 Å². The molecule has 0 spiro atoms. The van der Waals surface area contributed by atoms with E-state index in [4.69, 9.17) is 4.74 Å². The van der Waals surface area contributed by atoms with Crippen molar-refractivity contribution < 1.29 is 13.2 Å². The molecule has 1 aromatic rings. The van der Waals surface area contributed by atoms with Crippen molar-refractivity contribution in [3.63, 3.8) is 0 Å². The lowest BCUT2D eigenvalue weighted by Gasteiger charge is -2.14. The van der Waals surface area contributed by atoms with E-state index in [0.717, 1.165) is 12.3 Å². The fraction of sp³-hybridized carbons (Fsp3) is 0.538. The molecule has 0 radical (unpaired) electrons. The van der Waals surface area contributed by atoms with Crippen LogP contribution >= 0.6 is 0 Å². The molecule has 0 saturated carbocycles. The summed E-state index contributed by atoms with van der Waals surface area (Å²) >= 11 is 0. The maximum atomic E-state index is 11.8. The second-order valence-corrected chi connectivity index (χ2v) is 6.40. The van der Waals surface area contributed by atoms with Crippen LogP contribution in [0.1, 0.15) is 13.8 Å². The molecule has 2 N–H and O–H groups in total. The summed E-state index contributed by atoms with van der Waals surface area (Å²) in [5.41, 5.74) is 0. The number of nitrogens with one attached hydrogen (secondary N) is 2.